The molecule has 1 N–H and O–H groups in total. The van der Waals surface area contributed by atoms with Crippen LogP contribution >= 0.6 is 0 Å². The summed E-state index contributed by atoms with van der Waals surface area (Å²) >= 11 is 0. The first kappa shape index (κ1) is 14.3. The van der Waals surface area contributed by atoms with Crippen molar-refractivity contribution in [3.05, 3.63) is 42.5 Å². The molecule has 0 unspecified atom stereocenters. The molecular formula is C9H10N4O6. The van der Waals surface area contributed by atoms with Gasteiger partial charge in [-0.3, -0.25) is 30.3 Å². The number of nitrogens with one attached hydrogen (secondary N) is 1. The van der Waals surface area contributed by atoms with Crippen LogP contribution in [-0.4, -0.2) is 21.3 Å². The number of nitro benzene ring substituents is 3. The van der Waals surface area contributed by atoms with Crippen LogP contribution in [0.3, 0.4) is 0 Å². The first-order valence-electron chi connectivity index (χ1n) is 5.23. The van der Waals surface area contributed by atoms with E-state index in [1.165, 1.54) is 0 Å². The fourth-order valence-electron chi connectivity index (χ4n) is 1.42. The van der Waals surface area contributed by atoms with E-state index in [0.717, 1.165) is 0 Å². The van der Waals surface area contributed by atoms with Gasteiger partial charge >= 0.3 is 11.4 Å². The lowest BCUT2D eigenvalue weighted by Gasteiger charge is -2.06. The molecule has 0 saturated carbocycles. The molecule has 0 radical (unpaired) electrons. The molecule has 19 heavy (non-hydrogen) atoms. The lowest BCUT2D eigenvalue weighted by atomic mass is 10.2. The van der Waals surface area contributed by atoms with Gasteiger partial charge in [-0.25, -0.2) is 0 Å². The van der Waals surface area contributed by atoms with Crippen LogP contribution in [0.2, 0.25) is 0 Å². The second-order valence-electron chi connectivity index (χ2n) is 3.56. The summed E-state index contributed by atoms with van der Waals surface area (Å²) < 4.78 is 0. The highest BCUT2D eigenvalue weighted by Crippen LogP contribution is 2.38. The maximum Gasteiger partial charge on any atom is 0.306 e. The van der Waals surface area contributed by atoms with Gasteiger partial charge in [0.15, 0.2) is 5.69 Å². The first-order valence-corrected chi connectivity index (χ1v) is 5.23. The molecule has 10 nitrogen and oxygen atoms in total. The Bertz CT molecular complexity index is 509. The quantitative estimate of drug-likeness (QED) is 0.616. The molecule has 0 aromatic heterocycles. The van der Waals surface area contributed by atoms with Gasteiger partial charge in [-0.1, -0.05) is 6.92 Å². The fraction of sp³-hybridized carbons (Fsp3) is 0.333. The predicted molar refractivity (Wildman–Crippen MR) is 65.2 cm³/mol. The summed E-state index contributed by atoms with van der Waals surface area (Å²) in [6, 6.07) is 1.40. The molecule has 102 valence electrons. The van der Waals surface area contributed by atoms with Gasteiger partial charge in [-0.2, -0.15) is 0 Å². The molecule has 0 heterocycles. The zero-order valence-electron chi connectivity index (χ0n) is 9.86. The smallest absolute Gasteiger partial charge is 0.306 e. The van der Waals surface area contributed by atoms with E-state index in [1.54, 1.807) is 6.92 Å². The Morgan fingerprint density at radius 2 is 1.47 bits per heavy atom. The van der Waals surface area contributed by atoms with Crippen molar-refractivity contribution in [3.8, 4) is 0 Å². The highest BCUT2D eigenvalue weighted by molar-refractivity contribution is 5.77. The minimum absolute atomic E-state index is 0.277. The Morgan fingerprint density at radius 1 is 1.00 bits per heavy atom. The molecule has 0 amide bonds. The van der Waals surface area contributed by atoms with E-state index in [2.05, 4.69) is 5.32 Å². The molecule has 0 spiro atoms. The van der Waals surface area contributed by atoms with E-state index in [-0.39, 0.29) is 12.2 Å². The van der Waals surface area contributed by atoms with Gasteiger partial charge < -0.3 is 5.32 Å². The summed E-state index contributed by atoms with van der Waals surface area (Å²) in [5.41, 5.74) is -2.38. The molecule has 0 aliphatic heterocycles. The van der Waals surface area contributed by atoms with Crippen molar-refractivity contribution in [2.24, 2.45) is 0 Å². The van der Waals surface area contributed by atoms with Crippen LogP contribution in [0, 0.1) is 30.3 Å². The van der Waals surface area contributed by atoms with Crippen molar-refractivity contribution in [1.82, 2.24) is 0 Å². The third-order valence-electron chi connectivity index (χ3n) is 2.24. The van der Waals surface area contributed by atoms with Crippen molar-refractivity contribution in [3.63, 3.8) is 0 Å². The first-order chi connectivity index (χ1) is 8.88. The van der Waals surface area contributed by atoms with E-state index in [9.17, 15) is 30.3 Å². The summed E-state index contributed by atoms with van der Waals surface area (Å²) in [5.74, 6) is 0. The van der Waals surface area contributed by atoms with Gasteiger partial charge in [0.1, 0.15) is 0 Å². The van der Waals surface area contributed by atoms with Crippen LogP contribution in [0.25, 0.3) is 0 Å². The van der Waals surface area contributed by atoms with Gasteiger partial charge in [0, 0.05) is 6.54 Å². The molecule has 0 aliphatic rings. The summed E-state index contributed by atoms with van der Waals surface area (Å²) in [4.78, 5) is 29.6. The maximum atomic E-state index is 10.9. The molecule has 1 aromatic rings. The third kappa shape index (κ3) is 3.12. The second-order valence-corrected chi connectivity index (χ2v) is 3.56. The van der Waals surface area contributed by atoms with Crippen molar-refractivity contribution < 1.29 is 14.8 Å². The fourth-order valence-corrected chi connectivity index (χ4v) is 1.42. The summed E-state index contributed by atoms with van der Waals surface area (Å²) in [6.45, 7) is 2.05. The average molecular weight is 270 g/mol. The predicted octanol–water partition coefficient (Wildman–Crippen LogP) is 2.23. The zero-order chi connectivity index (χ0) is 14.6. The highest BCUT2D eigenvalue weighted by atomic mass is 16.6. The molecule has 0 atom stereocenters. The Kier molecular flexibility index (Phi) is 4.29. The average Bonchev–Trinajstić information content (AvgIpc) is 2.34. The van der Waals surface area contributed by atoms with E-state index >= 15 is 0 Å². The number of hydrogen-bond donors (Lipinski definition) is 1. The largest absolute Gasteiger partial charge is 0.374 e. The highest BCUT2D eigenvalue weighted by Gasteiger charge is 2.30. The molecule has 0 bridgehead atoms. The number of non-ortho nitro benzene ring substituents is 1. The van der Waals surface area contributed by atoms with Crippen molar-refractivity contribution >= 4 is 22.7 Å². The summed E-state index contributed by atoms with van der Waals surface area (Å²) in [6.07, 6.45) is 0.589. The lowest BCUT2D eigenvalue weighted by molar-refractivity contribution is -0.401. The molecule has 1 rings (SSSR count). The Balaban J connectivity index is 3.50. The van der Waals surface area contributed by atoms with Crippen molar-refractivity contribution in [2.45, 2.75) is 13.3 Å². The van der Waals surface area contributed by atoms with Gasteiger partial charge in [0.05, 0.1) is 26.9 Å². The topological polar surface area (TPSA) is 141 Å². The van der Waals surface area contributed by atoms with E-state index in [4.69, 9.17) is 0 Å². The number of nitrogens with zero attached hydrogens (tertiary/aromatic N) is 3. The normalized spacial score (nSPS) is 9.95. The van der Waals surface area contributed by atoms with Crippen LogP contribution in [0.15, 0.2) is 12.1 Å². The zero-order valence-corrected chi connectivity index (χ0v) is 9.86. The Morgan fingerprint density at radius 3 is 1.79 bits per heavy atom. The van der Waals surface area contributed by atoms with Crippen LogP contribution < -0.4 is 5.32 Å². The molecule has 0 saturated heterocycles. The second kappa shape index (κ2) is 5.71. The standard InChI is InChI=1S/C9H10N4O6/c1-2-3-10-9-7(12(16)17)4-6(11(14)15)5-8(9)13(18)19/h4-5,10H,2-3H2,1H3. The molecule has 10 heteroatoms. The van der Waals surface area contributed by atoms with Crippen LogP contribution in [0.1, 0.15) is 13.3 Å². The SMILES string of the molecule is CCCNc1c([N+](=O)[O-])cc([N+](=O)[O-])cc1[N+](=O)[O-]. The van der Waals surface area contributed by atoms with E-state index in [1.807, 2.05) is 0 Å². The minimum atomic E-state index is -0.913. The third-order valence-corrected chi connectivity index (χ3v) is 2.24. The lowest BCUT2D eigenvalue weighted by Crippen LogP contribution is -2.07. The maximum absolute atomic E-state index is 10.9. The number of rotatable bonds is 6. The number of anilines is 1. The van der Waals surface area contributed by atoms with Gasteiger partial charge in [-0.15, -0.1) is 0 Å². The number of nitro groups is 3. The monoisotopic (exact) mass is 270 g/mol. The number of hydrogen-bond acceptors (Lipinski definition) is 7. The minimum Gasteiger partial charge on any atom is -0.374 e. The summed E-state index contributed by atoms with van der Waals surface area (Å²) in [7, 11) is 0. The van der Waals surface area contributed by atoms with Gasteiger partial charge in [0.2, 0.25) is 0 Å². The van der Waals surface area contributed by atoms with Crippen LogP contribution in [0.5, 0.6) is 0 Å². The van der Waals surface area contributed by atoms with E-state index in [0.29, 0.717) is 18.6 Å². The molecule has 0 fully saturated rings. The van der Waals surface area contributed by atoms with Crippen molar-refractivity contribution in [1.29, 1.82) is 0 Å². The van der Waals surface area contributed by atoms with Crippen molar-refractivity contribution in [2.75, 3.05) is 11.9 Å². The number of benzene rings is 1. The summed E-state index contributed by atoms with van der Waals surface area (Å²) in [5, 5.41) is 34.9. The van der Waals surface area contributed by atoms with E-state index < -0.39 is 31.8 Å². The van der Waals surface area contributed by atoms with Crippen LogP contribution in [0.4, 0.5) is 22.7 Å². The van der Waals surface area contributed by atoms with Gasteiger partial charge in [-0.05, 0) is 6.42 Å². The molecular weight excluding hydrogens is 260 g/mol. The Labute approximate surface area is 106 Å². The molecule has 0 aliphatic carbocycles. The molecule has 1 aromatic carbocycles. The van der Waals surface area contributed by atoms with Gasteiger partial charge in [0.25, 0.3) is 5.69 Å². The Hall–Kier alpha value is -2.78. The van der Waals surface area contributed by atoms with Crippen LogP contribution in [-0.2, 0) is 0 Å².